The Hall–Kier alpha value is -3.13. The third-order valence-electron chi connectivity index (χ3n) is 3.77. The molecule has 0 aliphatic carbocycles. The van der Waals surface area contributed by atoms with Gasteiger partial charge in [0.05, 0.1) is 30.7 Å². The molecule has 0 bridgehead atoms. The molecule has 25 heavy (non-hydrogen) atoms. The maximum absolute atomic E-state index is 5.09. The van der Waals surface area contributed by atoms with Crippen LogP contribution in [0.1, 0.15) is 5.89 Å². The summed E-state index contributed by atoms with van der Waals surface area (Å²) in [6.07, 6.45) is 5.44. The lowest BCUT2D eigenvalue weighted by Crippen LogP contribution is -2.03. The van der Waals surface area contributed by atoms with Gasteiger partial charge >= 0.3 is 0 Å². The Labute approximate surface area is 143 Å². The van der Waals surface area contributed by atoms with Crippen molar-refractivity contribution in [2.24, 2.45) is 0 Å². The largest absolute Gasteiger partial charge is 0.383 e. The van der Waals surface area contributed by atoms with Crippen LogP contribution in [0.25, 0.3) is 33.7 Å². The van der Waals surface area contributed by atoms with E-state index in [1.807, 2.05) is 29.1 Å². The molecule has 8 nitrogen and oxygen atoms in total. The lowest BCUT2D eigenvalue weighted by molar-refractivity contribution is 0.184. The van der Waals surface area contributed by atoms with E-state index in [0.29, 0.717) is 24.9 Å². The van der Waals surface area contributed by atoms with Gasteiger partial charge in [0, 0.05) is 37.4 Å². The third-order valence-corrected chi connectivity index (χ3v) is 3.77. The first-order valence-electron chi connectivity index (χ1n) is 7.82. The van der Waals surface area contributed by atoms with Crippen molar-refractivity contribution in [3.63, 3.8) is 0 Å². The summed E-state index contributed by atoms with van der Waals surface area (Å²) in [4.78, 5) is 13.1. The SMILES string of the molecule is COCCn1cc2cc(-c3cc(-c4noc(C)n4)ccn3)ncc2n1. The summed E-state index contributed by atoms with van der Waals surface area (Å²) in [6, 6.07) is 5.71. The Morgan fingerprint density at radius 1 is 1.20 bits per heavy atom. The second kappa shape index (κ2) is 6.40. The molecule has 4 heterocycles. The maximum Gasteiger partial charge on any atom is 0.223 e. The first kappa shape index (κ1) is 15.4. The molecule has 0 unspecified atom stereocenters. The van der Waals surface area contributed by atoms with Gasteiger partial charge in [-0.05, 0) is 18.2 Å². The normalized spacial score (nSPS) is 11.3. The Morgan fingerprint density at radius 2 is 2.08 bits per heavy atom. The van der Waals surface area contributed by atoms with Crippen LogP contribution in [0, 0.1) is 6.92 Å². The van der Waals surface area contributed by atoms with Crippen LogP contribution >= 0.6 is 0 Å². The molecule has 0 amide bonds. The van der Waals surface area contributed by atoms with Gasteiger partial charge in [0.15, 0.2) is 0 Å². The van der Waals surface area contributed by atoms with E-state index < -0.39 is 0 Å². The topological polar surface area (TPSA) is 91.8 Å². The monoisotopic (exact) mass is 336 g/mol. The Balaban J connectivity index is 1.69. The van der Waals surface area contributed by atoms with Crippen LogP contribution in [0.4, 0.5) is 0 Å². The van der Waals surface area contributed by atoms with E-state index >= 15 is 0 Å². The molecule has 8 heteroatoms. The molecule has 0 aromatic carbocycles. The Kier molecular flexibility index (Phi) is 3.95. The molecular weight excluding hydrogens is 320 g/mol. The average molecular weight is 336 g/mol. The smallest absolute Gasteiger partial charge is 0.223 e. The third kappa shape index (κ3) is 3.11. The Morgan fingerprint density at radius 3 is 2.88 bits per heavy atom. The number of nitrogens with zero attached hydrogens (tertiary/aromatic N) is 6. The van der Waals surface area contributed by atoms with E-state index in [-0.39, 0.29) is 0 Å². The minimum absolute atomic E-state index is 0.524. The lowest BCUT2D eigenvalue weighted by atomic mass is 10.1. The lowest BCUT2D eigenvalue weighted by Gasteiger charge is -2.01. The van der Waals surface area contributed by atoms with Crippen molar-refractivity contribution >= 4 is 10.9 Å². The van der Waals surface area contributed by atoms with Gasteiger partial charge in [0.2, 0.25) is 11.7 Å². The summed E-state index contributed by atoms with van der Waals surface area (Å²) < 4.78 is 12.0. The fourth-order valence-electron chi connectivity index (χ4n) is 2.54. The summed E-state index contributed by atoms with van der Waals surface area (Å²) in [5, 5.41) is 9.42. The van der Waals surface area contributed by atoms with Gasteiger partial charge in [-0.3, -0.25) is 14.6 Å². The molecule has 4 aromatic heterocycles. The predicted molar refractivity (Wildman–Crippen MR) is 90.7 cm³/mol. The molecule has 126 valence electrons. The van der Waals surface area contributed by atoms with Crippen LogP contribution in [0.2, 0.25) is 0 Å². The van der Waals surface area contributed by atoms with Gasteiger partial charge < -0.3 is 9.26 Å². The van der Waals surface area contributed by atoms with Crippen LogP contribution in [-0.2, 0) is 11.3 Å². The highest BCUT2D eigenvalue weighted by Gasteiger charge is 2.10. The van der Waals surface area contributed by atoms with Crippen molar-refractivity contribution in [2.75, 3.05) is 13.7 Å². The molecule has 0 atom stereocenters. The summed E-state index contributed by atoms with van der Waals surface area (Å²) in [5.74, 6) is 1.06. The molecule has 4 aromatic rings. The number of aromatic nitrogens is 6. The van der Waals surface area contributed by atoms with Crippen molar-refractivity contribution in [2.45, 2.75) is 13.5 Å². The van der Waals surface area contributed by atoms with E-state index in [4.69, 9.17) is 9.26 Å². The van der Waals surface area contributed by atoms with Gasteiger partial charge in [-0.2, -0.15) is 10.1 Å². The van der Waals surface area contributed by atoms with E-state index in [1.54, 1.807) is 26.4 Å². The number of hydrogen-bond acceptors (Lipinski definition) is 7. The highest BCUT2D eigenvalue weighted by molar-refractivity contribution is 5.81. The molecule has 0 spiro atoms. The van der Waals surface area contributed by atoms with E-state index in [0.717, 1.165) is 27.9 Å². The molecule has 0 saturated carbocycles. The van der Waals surface area contributed by atoms with E-state index in [9.17, 15) is 0 Å². The van der Waals surface area contributed by atoms with Gasteiger partial charge in [-0.1, -0.05) is 5.16 Å². The molecule has 0 radical (unpaired) electrons. The molecule has 0 saturated heterocycles. The van der Waals surface area contributed by atoms with Crippen LogP contribution in [0.5, 0.6) is 0 Å². The van der Waals surface area contributed by atoms with Gasteiger partial charge in [-0.15, -0.1) is 0 Å². The number of fused-ring (bicyclic) bond motifs is 1. The fraction of sp³-hybridized carbons (Fsp3) is 0.235. The zero-order valence-electron chi connectivity index (χ0n) is 13.9. The van der Waals surface area contributed by atoms with Crippen molar-refractivity contribution in [1.82, 2.24) is 29.9 Å². The summed E-state index contributed by atoms with van der Waals surface area (Å²) in [7, 11) is 1.67. The number of pyridine rings is 2. The number of methoxy groups -OCH3 is 1. The highest BCUT2D eigenvalue weighted by Crippen LogP contribution is 2.23. The zero-order chi connectivity index (χ0) is 17.2. The van der Waals surface area contributed by atoms with E-state index in [2.05, 4.69) is 25.2 Å². The average Bonchev–Trinajstić information content (AvgIpc) is 3.25. The fourth-order valence-corrected chi connectivity index (χ4v) is 2.54. The maximum atomic E-state index is 5.09. The minimum atomic E-state index is 0.524. The number of aryl methyl sites for hydroxylation is 1. The first-order chi connectivity index (χ1) is 12.2. The first-order valence-corrected chi connectivity index (χ1v) is 7.82. The van der Waals surface area contributed by atoms with Crippen LogP contribution in [0.3, 0.4) is 0 Å². The van der Waals surface area contributed by atoms with Crippen LogP contribution in [-0.4, -0.2) is 43.6 Å². The summed E-state index contributed by atoms with van der Waals surface area (Å²) in [5.41, 5.74) is 3.18. The number of rotatable bonds is 5. The van der Waals surface area contributed by atoms with Crippen molar-refractivity contribution in [1.29, 1.82) is 0 Å². The second-order valence-electron chi connectivity index (χ2n) is 5.58. The summed E-state index contributed by atoms with van der Waals surface area (Å²) >= 11 is 0. The van der Waals surface area contributed by atoms with Crippen LogP contribution in [0.15, 0.2) is 41.3 Å². The second-order valence-corrected chi connectivity index (χ2v) is 5.58. The van der Waals surface area contributed by atoms with E-state index in [1.165, 1.54) is 0 Å². The van der Waals surface area contributed by atoms with Crippen molar-refractivity contribution < 1.29 is 9.26 Å². The summed E-state index contributed by atoms with van der Waals surface area (Å²) in [6.45, 7) is 3.07. The Bertz CT molecular complexity index is 1020. The van der Waals surface area contributed by atoms with Gasteiger partial charge in [0.25, 0.3) is 0 Å². The number of hydrogen-bond donors (Lipinski definition) is 0. The molecule has 0 aliphatic rings. The van der Waals surface area contributed by atoms with Crippen molar-refractivity contribution in [3.8, 4) is 22.8 Å². The number of ether oxygens (including phenoxy) is 1. The molecule has 0 N–H and O–H groups in total. The quantitative estimate of drug-likeness (QED) is 0.553. The molecule has 0 aliphatic heterocycles. The predicted octanol–water partition coefficient (Wildman–Crippen LogP) is 2.50. The molecule has 4 rings (SSSR count). The van der Waals surface area contributed by atoms with Crippen LogP contribution < -0.4 is 0 Å². The zero-order valence-corrected chi connectivity index (χ0v) is 13.9. The van der Waals surface area contributed by atoms with Gasteiger partial charge in [0.1, 0.15) is 5.52 Å². The molecule has 0 fully saturated rings. The minimum Gasteiger partial charge on any atom is -0.383 e. The highest BCUT2D eigenvalue weighted by atomic mass is 16.5. The van der Waals surface area contributed by atoms with Crippen molar-refractivity contribution in [3.05, 3.63) is 42.7 Å². The standard InChI is InChI=1S/C17H16N6O2/c1-11-20-17(22-25-11)12-3-4-18-14(7-12)15-8-13-10-23(5-6-24-2)21-16(13)9-19-15/h3-4,7-10H,5-6H2,1-2H3. The van der Waals surface area contributed by atoms with Gasteiger partial charge in [-0.25, -0.2) is 0 Å². The molecular formula is C17H16N6O2.